The molecule has 4 heterocycles. The molecule has 1 saturated heterocycles. The molecule has 24 heavy (non-hydrogen) atoms. The first-order valence-corrected chi connectivity index (χ1v) is 9.29. The van der Waals surface area contributed by atoms with Gasteiger partial charge in [-0.25, -0.2) is 4.98 Å². The topological polar surface area (TPSA) is 70.4 Å². The van der Waals surface area contributed by atoms with Crippen LogP contribution in [0.5, 0.6) is 0 Å². The molecule has 0 unspecified atom stereocenters. The molecule has 2 N–H and O–H groups in total. The lowest BCUT2D eigenvalue weighted by Gasteiger charge is -2.35. The number of likely N-dealkylation sites (tertiary alicyclic amines) is 1. The summed E-state index contributed by atoms with van der Waals surface area (Å²) >= 11 is 1.70. The number of amides is 1. The summed E-state index contributed by atoms with van der Waals surface area (Å²) in [6.45, 7) is 5.58. The molecule has 4 rings (SSSR count). The summed E-state index contributed by atoms with van der Waals surface area (Å²) < 4.78 is 2.04. The average molecular weight is 346 g/mol. The lowest BCUT2D eigenvalue weighted by Crippen LogP contribution is -2.45. The molecule has 2 aromatic rings. The van der Waals surface area contributed by atoms with Crippen molar-refractivity contribution in [3.63, 3.8) is 0 Å². The number of carbonyl (C=O) groups excluding carboxylic acids is 1. The number of imidazole rings is 1. The Morgan fingerprint density at radius 3 is 3.04 bits per heavy atom. The fraction of sp³-hybridized carbons (Fsp3) is 0.529. The molecule has 0 bridgehead atoms. The van der Waals surface area contributed by atoms with Crippen molar-refractivity contribution in [1.82, 2.24) is 19.8 Å². The minimum Gasteiger partial charge on any atom is -0.391 e. The second-order valence-electron chi connectivity index (χ2n) is 6.59. The Labute approximate surface area is 145 Å². The van der Waals surface area contributed by atoms with Crippen LogP contribution in [-0.2, 0) is 13.1 Å². The number of nitrogens with zero attached hydrogens (tertiary/aromatic N) is 3. The van der Waals surface area contributed by atoms with Crippen LogP contribution in [0, 0.1) is 6.92 Å². The summed E-state index contributed by atoms with van der Waals surface area (Å²) in [6.07, 6.45) is 2.13. The molecule has 1 fully saturated rings. The van der Waals surface area contributed by atoms with Crippen molar-refractivity contribution in [2.75, 3.05) is 19.6 Å². The molecule has 6 nitrogen and oxygen atoms in total. The highest BCUT2D eigenvalue weighted by Gasteiger charge is 2.33. The molecule has 2 aliphatic rings. The first kappa shape index (κ1) is 15.8. The van der Waals surface area contributed by atoms with Gasteiger partial charge in [-0.1, -0.05) is 0 Å². The van der Waals surface area contributed by atoms with E-state index in [-0.39, 0.29) is 11.8 Å². The van der Waals surface area contributed by atoms with Crippen LogP contribution in [0.15, 0.2) is 17.6 Å². The Bertz CT molecular complexity index is 730. The molecular formula is C17H22N4O2S. The van der Waals surface area contributed by atoms with E-state index in [1.165, 1.54) is 10.4 Å². The number of hydrogen-bond donors (Lipinski definition) is 2. The van der Waals surface area contributed by atoms with Crippen molar-refractivity contribution in [3.8, 4) is 0 Å². The number of aliphatic hydroxyl groups excluding tert-OH is 1. The monoisotopic (exact) mass is 346 g/mol. The van der Waals surface area contributed by atoms with Gasteiger partial charge in [0.25, 0.3) is 5.91 Å². The number of aliphatic hydroxyl groups is 1. The van der Waals surface area contributed by atoms with Gasteiger partial charge < -0.3 is 19.9 Å². The van der Waals surface area contributed by atoms with Gasteiger partial charge in [-0.05, 0) is 30.4 Å². The molecule has 0 aromatic carbocycles. The van der Waals surface area contributed by atoms with E-state index in [0.717, 1.165) is 25.3 Å². The number of hydrogen-bond acceptors (Lipinski definition) is 5. The van der Waals surface area contributed by atoms with E-state index in [2.05, 4.69) is 28.7 Å². The maximum Gasteiger partial charge on any atom is 0.274 e. The number of rotatable bonds is 2. The number of aryl methyl sites for hydroxylation is 1. The predicted molar refractivity (Wildman–Crippen MR) is 92.3 cm³/mol. The smallest absolute Gasteiger partial charge is 0.274 e. The summed E-state index contributed by atoms with van der Waals surface area (Å²) in [5.41, 5.74) is 1.73. The van der Waals surface area contributed by atoms with E-state index in [0.29, 0.717) is 25.3 Å². The van der Waals surface area contributed by atoms with Crippen molar-refractivity contribution in [3.05, 3.63) is 39.6 Å². The number of piperidine rings is 1. The van der Waals surface area contributed by atoms with Crippen LogP contribution in [0.4, 0.5) is 0 Å². The maximum atomic E-state index is 12.7. The van der Waals surface area contributed by atoms with E-state index in [1.54, 1.807) is 16.2 Å². The second-order valence-corrected chi connectivity index (χ2v) is 7.54. The van der Waals surface area contributed by atoms with Gasteiger partial charge in [0, 0.05) is 43.2 Å². The highest BCUT2D eigenvalue weighted by atomic mass is 32.1. The van der Waals surface area contributed by atoms with Crippen LogP contribution in [0.3, 0.4) is 0 Å². The summed E-state index contributed by atoms with van der Waals surface area (Å²) in [4.78, 5) is 20.2. The van der Waals surface area contributed by atoms with Crippen molar-refractivity contribution >= 4 is 17.2 Å². The Morgan fingerprint density at radius 2 is 2.33 bits per heavy atom. The SMILES string of the molecule is Cc1ccsc1[C@@H]1CCN(C(=O)c2cn3c(n2)CNCC3)C[C@H]1O. The van der Waals surface area contributed by atoms with Gasteiger partial charge in [-0.15, -0.1) is 11.3 Å². The van der Waals surface area contributed by atoms with Crippen LogP contribution in [-0.4, -0.2) is 51.2 Å². The number of nitrogens with one attached hydrogen (secondary N) is 1. The standard InChI is InChI=1S/C17H22N4O2S/c1-11-3-7-24-16(11)12-2-5-21(10-14(12)22)17(23)13-9-20-6-4-18-8-15(20)19-13/h3,7,9,12,14,18,22H,2,4-6,8,10H2,1H3/t12-,14-/m1/s1. The fourth-order valence-corrected chi connectivity index (χ4v) is 4.76. The van der Waals surface area contributed by atoms with Gasteiger partial charge in [-0.3, -0.25) is 4.79 Å². The van der Waals surface area contributed by atoms with Gasteiger partial charge in [0.1, 0.15) is 11.5 Å². The molecule has 0 aliphatic carbocycles. The Morgan fingerprint density at radius 1 is 1.46 bits per heavy atom. The first-order valence-electron chi connectivity index (χ1n) is 8.41. The normalized spacial score (nSPS) is 24.0. The van der Waals surface area contributed by atoms with Crippen molar-refractivity contribution in [2.24, 2.45) is 0 Å². The average Bonchev–Trinajstić information content (AvgIpc) is 3.20. The van der Waals surface area contributed by atoms with E-state index in [9.17, 15) is 9.90 Å². The zero-order valence-corrected chi connectivity index (χ0v) is 14.6. The minimum atomic E-state index is -0.515. The lowest BCUT2D eigenvalue weighted by molar-refractivity contribution is 0.0383. The largest absolute Gasteiger partial charge is 0.391 e. The van der Waals surface area contributed by atoms with Gasteiger partial charge >= 0.3 is 0 Å². The maximum absolute atomic E-state index is 12.7. The van der Waals surface area contributed by atoms with Gasteiger partial charge in [0.2, 0.25) is 0 Å². The van der Waals surface area contributed by atoms with E-state index in [4.69, 9.17) is 0 Å². The summed E-state index contributed by atoms with van der Waals surface area (Å²) in [5.74, 6) is 0.972. The quantitative estimate of drug-likeness (QED) is 0.861. The Balaban J connectivity index is 1.47. The third kappa shape index (κ3) is 2.76. The van der Waals surface area contributed by atoms with Crippen LogP contribution in [0.2, 0.25) is 0 Å². The molecule has 0 saturated carbocycles. The zero-order chi connectivity index (χ0) is 16.7. The van der Waals surface area contributed by atoms with Crippen molar-refractivity contribution in [2.45, 2.75) is 38.5 Å². The van der Waals surface area contributed by atoms with Crippen LogP contribution in [0.1, 0.15) is 39.1 Å². The molecule has 7 heteroatoms. The van der Waals surface area contributed by atoms with Crippen molar-refractivity contribution in [1.29, 1.82) is 0 Å². The highest BCUT2D eigenvalue weighted by Crippen LogP contribution is 2.34. The number of fused-ring (bicyclic) bond motifs is 1. The van der Waals surface area contributed by atoms with E-state index < -0.39 is 6.10 Å². The highest BCUT2D eigenvalue weighted by molar-refractivity contribution is 7.10. The summed E-state index contributed by atoms with van der Waals surface area (Å²) in [6, 6.07) is 2.09. The molecule has 128 valence electrons. The summed E-state index contributed by atoms with van der Waals surface area (Å²) in [5, 5.41) is 15.9. The minimum absolute atomic E-state index is 0.0719. The molecular weight excluding hydrogens is 324 g/mol. The molecule has 2 aliphatic heterocycles. The van der Waals surface area contributed by atoms with E-state index >= 15 is 0 Å². The summed E-state index contributed by atoms with van der Waals surface area (Å²) in [7, 11) is 0. The van der Waals surface area contributed by atoms with Crippen LogP contribution < -0.4 is 5.32 Å². The third-order valence-corrected chi connectivity index (χ3v) is 6.15. The van der Waals surface area contributed by atoms with Gasteiger partial charge in [0.15, 0.2) is 0 Å². The fourth-order valence-electron chi connectivity index (χ4n) is 3.64. The van der Waals surface area contributed by atoms with Crippen LogP contribution in [0.25, 0.3) is 0 Å². The number of β-amino-alcohol motifs (C(OH)–C–C–N with tert-alkyl or cyclic N) is 1. The molecule has 2 aromatic heterocycles. The number of carbonyl (C=O) groups is 1. The molecule has 0 spiro atoms. The Hall–Kier alpha value is -1.70. The third-order valence-electron chi connectivity index (χ3n) is 5.00. The van der Waals surface area contributed by atoms with Crippen molar-refractivity contribution < 1.29 is 9.90 Å². The zero-order valence-electron chi connectivity index (χ0n) is 13.7. The number of thiophene rings is 1. The molecule has 1 amide bonds. The van der Waals surface area contributed by atoms with Crippen LogP contribution >= 0.6 is 11.3 Å². The molecule has 0 radical (unpaired) electrons. The van der Waals surface area contributed by atoms with E-state index in [1.807, 2.05) is 10.8 Å². The first-order chi connectivity index (χ1) is 11.6. The molecule has 2 atom stereocenters. The predicted octanol–water partition coefficient (Wildman–Crippen LogP) is 1.35. The Kier molecular flexibility index (Phi) is 4.15. The lowest BCUT2D eigenvalue weighted by atomic mass is 9.90. The number of aromatic nitrogens is 2. The van der Waals surface area contributed by atoms with Gasteiger partial charge in [-0.2, -0.15) is 0 Å². The second kappa shape index (κ2) is 6.31. The van der Waals surface area contributed by atoms with Gasteiger partial charge in [0.05, 0.1) is 12.6 Å².